The van der Waals surface area contributed by atoms with E-state index in [1.165, 1.54) is 6.92 Å². The molecule has 2 N–H and O–H groups in total. The molecule has 1 aromatic rings. The van der Waals surface area contributed by atoms with Crippen LogP contribution in [0.15, 0.2) is 41.5 Å². The zero-order chi connectivity index (χ0) is 57.9. The first-order valence-corrected chi connectivity index (χ1v) is 38.1. The number of ether oxygens (including phenoxy) is 4. The summed E-state index contributed by atoms with van der Waals surface area (Å²) in [4.78, 5) is 76.0. The summed E-state index contributed by atoms with van der Waals surface area (Å²) < 4.78 is 49.4. The molecular weight excluding hydrogens is 1040 g/mol. The predicted octanol–water partition coefficient (Wildman–Crippen LogP) is 12.5. The summed E-state index contributed by atoms with van der Waals surface area (Å²) in [6.07, 6.45) is -0.0209. The molecular formula is C61H101NO13Si3. The van der Waals surface area contributed by atoms with Crippen molar-refractivity contribution >= 4 is 54.6 Å². The Kier molecular flexibility index (Phi) is 20.7. The number of Topliss-reactive ketones (excluding diaryl/α,β-unsaturated/α-hetero) is 1. The van der Waals surface area contributed by atoms with Crippen LogP contribution < -0.4 is 5.32 Å². The van der Waals surface area contributed by atoms with Gasteiger partial charge in [0.2, 0.25) is 5.91 Å². The van der Waals surface area contributed by atoms with Gasteiger partial charge in [-0.15, -0.1) is 0 Å². The van der Waals surface area contributed by atoms with E-state index >= 15 is 9.59 Å². The lowest BCUT2D eigenvalue weighted by molar-refractivity contribution is -0.346. The van der Waals surface area contributed by atoms with Crippen LogP contribution in [0.5, 0.6) is 0 Å². The minimum absolute atomic E-state index is 0.0499. The number of fused-ring (bicyclic) bond motifs is 6. The molecule has 4 fully saturated rings. The highest BCUT2D eigenvalue weighted by molar-refractivity contribution is 6.74. The second kappa shape index (κ2) is 25.2. The summed E-state index contributed by atoms with van der Waals surface area (Å²) in [5, 5.41) is 17.6. The Hall–Kier alpha value is -3.04. The van der Waals surface area contributed by atoms with Gasteiger partial charge in [-0.25, -0.2) is 4.79 Å². The molecule has 14 nitrogen and oxygen atoms in total. The smallest absolute Gasteiger partial charge is 0.337 e. The summed E-state index contributed by atoms with van der Waals surface area (Å²) in [6, 6.07) is 12.9. The van der Waals surface area contributed by atoms with Gasteiger partial charge in [0.25, 0.3) is 0 Å². The third kappa shape index (κ3) is 12.3. The largest absolute Gasteiger partial charge is 0.459 e. The Morgan fingerprint density at radius 1 is 0.769 bits per heavy atom. The van der Waals surface area contributed by atoms with Crippen molar-refractivity contribution in [2.45, 2.75) is 282 Å². The monoisotopic (exact) mass is 1140 g/mol. The summed E-state index contributed by atoms with van der Waals surface area (Å²) >= 11 is 0. The standard InChI is InChI=1S/C61H101NO13Si3/c1-17-77(18-2,19-3)73-45-38-46-60(40-69-46,72-42(8)63)53-55-61(68)39-44(41(7)49(58(61,12)13)51(54(66)59(45,53)14)75-78(20-4,21-5)22-6)70-56(67)52(74-76(15,16)57(9,10)11)50(43-34-30-29-31-35-43)62-47(64)36-32-27-25-23-24-26-28-33-37-48(65)71-55/h29-31,34-35,44-46,50-53,55,68H,17-28,32-33,36-40H2,1-16H3,(H,62,64)/t44-,45-,46+,50-,51+,52-,53+,55+,59-,60-,61+/m0/s1. The number of hydrogen-bond donors (Lipinski definition) is 2. The predicted molar refractivity (Wildman–Crippen MR) is 311 cm³/mol. The van der Waals surface area contributed by atoms with E-state index in [4.69, 9.17) is 32.2 Å². The second-order valence-corrected chi connectivity index (χ2v) is 40.3. The molecule has 3 bridgehead atoms. The number of nitrogens with one attached hydrogen (secondary N) is 1. The molecule has 78 heavy (non-hydrogen) atoms. The highest BCUT2D eigenvalue weighted by Gasteiger charge is 2.79. The molecule has 0 aromatic heterocycles. The number of amides is 1. The fourth-order valence-electron chi connectivity index (χ4n) is 13.8. The van der Waals surface area contributed by atoms with Crippen LogP contribution in [0, 0.1) is 16.7 Å². The lowest BCUT2D eigenvalue weighted by Gasteiger charge is -2.68. The minimum atomic E-state index is -2.85. The quantitative estimate of drug-likeness (QED) is 0.0778. The number of ketones is 1. The van der Waals surface area contributed by atoms with E-state index in [0.717, 1.165) is 56.7 Å². The van der Waals surface area contributed by atoms with Crippen LogP contribution in [0.2, 0.25) is 54.4 Å². The van der Waals surface area contributed by atoms with Crippen molar-refractivity contribution < 1.29 is 61.3 Å². The van der Waals surface area contributed by atoms with Crippen molar-refractivity contribution in [3.8, 4) is 0 Å². The molecule has 2 heterocycles. The molecule has 1 amide bonds. The Labute approximate surface area is 471 Å². The summed E-state index contributed by atoms with van der Waals surface area (Å²) in [5.74, 6) is -3.63. The van der Waals surface area contributed by atoms with Crippen LogP contribution in [0.3, 0.4) is 0 Å². The zero-order valence-electron chi connectivity index (χ0n) is 50.8. The van der Waals surface area contributed by atoms with Crippen molar-refractivity contribution in [1.29, 1.82) is 0 Å². The third-order valence-corrected chi connectivity index (χ3v) is 34.2. The molecule has 6 rings (SSSR count). The molecule has 2 saturated heterocycles. The summed E-state index contributed by atoms with van der Waals surface area (Å²) in [6.45, 7) is 31.9. The van der Waals surface area contributed by atoms with Crippen LogP contribution >= 0.6 is 0 Å². The zero-order valence-corrected chi connectivity index (χ0v) is 53.8. The van der Waals surface area contributed by atoms with Crippen LogP contribution in [-0.4, -0.2) is 114 Å². The maximum atomic E-state index is 17.2. The van der Waals surface area contributed by atoms with Gasteiger partial charge in [0, 0.05) is 38.0 Å². The molecule has 0 unspecified atom stereocenters. The molecule has 0 radical (unpaired) electrons. The van der Waals surface area contributed by atoms with Crippen LogP contribution in [0.1, 0.15) is 186 Å². The Balaban J connectivity index is 1.70. The number of esters is 3. The first kappa shape index (κ1) is 64.1. The lowest BCUT2D eigenvalue weighted by Crippen LogP contribution is -2.82. The minimum Gasteiger partial charge on any atom is -0.459 e. The maximum absolute atomic E-state index is 17.2. The fraction of sp³-hybridized carbons (Fsp3) is 0.787. The lowest BCUT2D eigenvalue weighted by atomic mass is 9.44. The van der Waals surface area contributed by atoms with Crippen LogP contribution in [-0.2, 0) is 56.2 Å². The van der Waals surface area contributed by atoms with Crippen molar-refractivity contribution in [2.24, 2.45) is 16.7 Å². The molecule has 11 atom stereocenters. The van der Waals surface area contributed by atoms with E-state index in [1.807, 2.05) is 58.0 Å². The van der Waals surface area contributed by atoms with Crippen molar-refractivity contribution in [1.82, 2.24) is 5.32 Å². The Morgan fingerprint density at radius 3 is 1.82 bits per heavy atom. The van der Waals surface area contributed by atoms with E-state index in [9.17, 15) is 19.5 Å². The normalized spacial score (nSPS) is 33.1. The number of benzene rings is 1. The number of carbonyl (C=O) groups excluding carboxylic acids is 5. The average Bonchev–Trinajstić information content (AvgIpc) is 3.16. The second-order valence-electron chi connectivity index (χ2n) is 26.1. The third-order valence-electron chi connectivity index (χ3n) is 20.5. The van der Waals surface area contributed by atoms with Crippen molar-refractivity contribution in [3.63, 3.8) is 0 Å². The van der Waals surface area contributed by atoms with E-state index in [2.05, 4.69) is 80.7 Å². The molecule has 2 aliphatic heterocycles. The summed E-state index contributed by atoms with van der Waals surface area (Å²) in [7, 11) is -8.20. The van der Waals surface area contributed by atoms with Gasteiger partial charge in [0.1, 0.15) is 30.0 Å². The topological polar surface area (TPSA) is 182 Å². The number of carbonyl (C=O) groups is 5. The Morgan fingerprint density at radius 2 is 1.31 bits per heavy atom. The van der Waals surface area contributed by atoms with Gasteiger partial charge in [-0.3, -0.25) is 19.2 Å². The molecule has 1 aromatic carbocycles. The average molecular weight is 1140 g/mol. The van der Waals surface area contributed by atoms with Gasteiger partial charge in [0.05, 0.1) is 30.1 Å². The van der Waals surface area contributed by atoms with Gasteiger partial charge >= 0.3 is 17.9 Å². The van der Waals surface area contributed by atoms with Gasteiger partial charge in [-0.05, 0) is 97.8 Å². The van der Waals surface area contributed by atoms with Crippen LogP contribution in [0.25, 0.3) is 0 Å². The van der Waals surface area contributed by atoms with Gasteiger partial charge in [0.15, 0.2) is 42.4 Å². The van der Waals surface area contributed by atoms with E-state index < -0.39 is 113 Å². The fourth-order valence-corrected chi connectivity index (χ4v) is 20.7. The molecule has 0 spiro atoms. The molecule has 3 aliphatic carbocycles. The summed E-state index contributed by atoms with van der Waals surface area (Å²) in [5.41, 5.74) is -5.01. The first-order chi connectivity index (χ1) is 36.6. The van der Waals surface area contributed by atoms with Gasteiger partial charge < -0.3 is 42.6 Å². The molecule has 440 valence electrons. The van der Waals surface area contributed by atoms with Crippen molar-refractivity contribution in [2.75, 3.05) is 6.61 Å². The van der Waals surface area contributed by atoms with E-state index in [0.29, 0.717) is 47.7 Å². The number of hydrogen-bond acceptors (Lipinski definition) is 13. The first-order valence-electron chi connectivity index (χ1n) is 30.1. The van der Waals surface area contributed by atoms with E-state index in [1.54, 1.807) is 0 Å². The maximum Gasteiger partial charge on any atom is 0.337 e. The highest BCUT2D eigenvalue weighted by atomic mass is 28.4. The van der Waals surface area contributed by atoms with Crippen molar-refractivity contribution in [3.05, 3.63) is 47.0 Å². The SMILES string of the molecule is CC[Si](CC)(CC)O[C@H]1C(=O)[C@@]2(C)[C@@H](O[Si](CC)(CC)CC)C[C@H]3OC[C@@]3(OC(C)=O)[C@@H]2[C@H]2OC(=O)CCCCCCCCCCC(=O)N[C@@H](c3ccccc3)[C@H](O[Si](C)(C)C(C)(C)C)C(=O)O[C@H]3C[C@]2(O)C(C)(C)C1=C3C. The van der Waals surface area contributed by atoms with Gasteiger partial charge in [-0.1, -0.05) is 145 Å². The van der Waals surface area contributed by atoms with Crippen LogP contribution in [0.4, 0.5) is 0 Å². The molecule has 2 saturated carbocycles. The van der Waals surface area contributed by atoms with E-state index in [-0.39, 0.29) is 49.0 Å². The van der Waals surface area contributed by atoms with Gasteiger partial charge in [-0.2, -0.15) is 0 Å². The Bertz CT molecular complexity index is 2290. The molecule has 17 heteroatoms. The number of rotatable bonds is 14. The molecule has 5 aliphatic rings. The highest BCUT2D eigenvalue weighted by Crippen LogP contribution is 2.65. The number of aliphatic hydroxyl groups is 1.